The minimum absolute atomic E-state index is 0.534. The van der Waals surface area contributed by atoms with Crippen LogP contribution in [0.25, 0.3) is 22.8 Å². The van der Waals surface area contributed by atoms with Crippen LogP contribution < -0.4 is 4.90 Å². The number of aromatic nitrogens is 3. The van der Waals surface area contributed by atoms with E-state index in [0.717, 1.165) is 29.7 Å². The zero-order valence-corrected chi connectivity index (χ0v) is 14.6. The van der Waals surface area contributed by atoms with Crippen molar-refractivity contribution in [3.05, 3.63) is 47.8 Å². The fourth-order valence-corrected chi connectivity index (χ4v) is 2.63. The molecule has 2 heterocycles. The number of aryl methyl sites for hydroxylation is 2. The molecule has 0 bridgehead atoms. The van der Waals surface area contributed by atoms with Crippen LogP contribution in [-0.2, 0) is 6.42 Å². The second-order valence-corrected chi connectivity index (χ2v) is 6.14. The fourth-order valence-electron chi connectivity index (χ4n) is 2.63. The van der Waals surface area contributed by atoms with Crippen molar-refractivity contribution >= 4 is 5.69 Å². The Morgan fingerprint density at radius 3 is 2.62 bits per heavy atom. The second-order valence-electron chi connectivity index (χ2n) is 6.14. The minimum atomic E-state index is 0.534. The van der Waals surface area contributed by atoms with Crippen LogP contribution in [0.15, 0.2) is 41.2 Å². The minimum Gasteiger partial charge on any atom is -0.376 e. The molecule has 24 heavy (non-hydrogen) atoms. The molecule has 0 fully saturated rings. The quantitative estimate of drug-likeness (QED) is 0.707. The lowest BCUT2D eigenvalue weighted by Crippen LogP contribution is -2.08. The van der Waals surface area contributed by atoms with E-state index in [2.05, 4.69) is 41.1 Å². The fraction of sp³-hybridized carbons (Fsp3) is 0.316. The molecule has 0 saturated heterocycles. The van der Waals surface area contributed by atoms with Crippen molar-refractivity contribution in [1.29, 1.82) is 0 Å². The van der Waals surface area contributed by atoms with Crippen LogP contribution in [0.3, 0.4) is 0 Å². The third-order valence-electron chi connectivity index (χ3n) is 4.03. The summed E-state index contributed by atoms with van der Waals surface area (Å²) in [7, 11) is 3.95. The van der Waals surface area contributed by atoms with Gasteiger partial charge in [-0.25, -0.2) is 0 Å². The predicted octanol–water partition coefficient (Wildman–Crippen LogP) is 4.13. The first-order valence-corrected chi connectivity index (χ1v) is 8.15. The van der Waals surface area contributed by atoms with Crippen molar-refractivity contribution in [2.24, 2.45) is 0 Å². The molecule has 5 heteroatoms. The molecule has 0 unspecified atom stereocenters. The maximum absolute atomic E-state index is 5.46. The van der Waals surface area contributed by atoms with Gasteiger partial charge < -0.3 is 9.42 Å². The zero-order valence-electron chi connectivity index (χ0n) is 14.6. The van der Waals surface area contributed by atoms with Crippen molar-refractivity contribution in [2.45, 2.75) is 26.7 Å². The Morgan fingerprint density at radius 2 is 1.92 bits per heavy atom. The van der Waals surface area contributed by atoms with Gasteiger partial charge in [0.05, 0.1) is 11.9 Å². The maximum atomic E-state index is 5.46. The molecule has 0 spiro atoms. The van der Waals surface area contributed by atoms with Gasteiger partial charge in [-0.15, -0.1) is 0 Å². The first-order chi connectivity index (χ1) is 11.6. The van der Waals surface area contributed by atoms with Gasteiger partial charge in [0.15, 0.2) is 0 Å². The highest BCUT2D eigenvalue weighted by molar-refractivity contribution is 5.63. The average molecular weight is 322 g/mol. The van der Waals surface area contributed by atoms with Crippen LogP contribution in [0.4, 0.5) is 5.69 Å². The summed E-state index contributed by atoms with van der Waals surface area (Å²) in [4.78, 5) is 10.8. The van der Waals surface area contributed by atoms with Crippen molar-refractivity contribution in [2.75, 3.05) is 19.0 Å². The summed E-state index contributed by atoms with van der Waals surface area (Å²) in [6.45, 7) is 4.31. The van der Waals surface area contributed by atoms with Crippen molar-refractivity contribution in [3.63, 3.8) is 0 Å². The molecule has 0 N–H and O–H groups in total. The number of benzene rings is 1. The Kier molecular flexibility index (Phi) is 4.60. The topological polar surface area (TPSA) is 55.1 Å². The Morgan fingerprint density at radius 1 is 1.08 bits per heavy atom. The van der Waals surface area contributed by atoms with Gasteiger partial charge >= 0.3 is 0 Å². The largest absolute Gasteiger partial charge is 0.376 e. The zero-order chi connectivity index (χ0) is 17.1. The number of anilines is 1. The molecule has 0 aliphatic heterocycles. The average Bonchev–Trinajstić information content (AvgIpc) is 3.07. The molecule has 0 aliphatic carbocycles. The number of hydrogen-bond acceptors (Lipinski definition) is 5. The summed E-state index contributed by atoms with van der Waals surface area (Å²) < 4.78 is 5.46. The molecule has 3 rings (SSSR count). The molecule has 5 nitrogen and oxygen atoms in total. The second kappa shape index (κ2) is 6.83. The van der Waals surface area contributed by atoms with Gasteiger partial charge in [0, 0.05) is 31.4 Å². The van der Waals surface area contributed by atoms with Crippen LogP contribution >= 0.6 is 0 Å². The van der Waals surface area contributed by atoms with Crippen LogP contribution in [-0.4, -0.2) is 29.2 Å². The summed E-state index contributed by atoms with van der Waals surface area (Å²) >= 11 is 0. The summed E-state index contributed by atoms with van der Waals surface area (Å²) in [6.07, 6.45) is 5.78. The normalized spacial score (nSPS) is 10.8. The number of rotatable bonds is 5. The van der Waals surface area contributed by atoms with E-state index in [0.29, 0.717) is 11.7 Å². The van der Waals surface area contributed by atoms with E-state index < -0.39 is 0 Å². The maximum Gasteiger partial charge on any atom is 0.258 e. The molecule has 1 aromatic carbocycles. The van der Waals surface area contributed by atoms with Crippen LogP contribution in [0.1, 0.15) is 24.5 Å². The smallest absolute Gasteiger partial charge is 0.258 e. The van der Waals surface area contributed by atoms with Crippen LogP contribution in [0, 0.1) is 6.92 Å². The molecule has 2 aromatic heterocycles. The van der Waals surface area contributed by atoms with E-state index in [4.69, 9.17) is 4.52 Å². The van der Waals surface area contributed by atoms with Crippen LogP contribution in [0.2, 0.25) is 0 Å². The third-order valence-corrected chi connectivity index (χ3v) is 4.03. The monoisotopic (exact) mass is 322 g/mol. The summed E-state index contributed by atoms with van der Waals surface area (Å²) in [5.74, 6) is 1.09. The Labute approximate surface area is 142 Å². The van der Waals surface area contributed by atoms with Crippen molar-refractivity contribution < 1.29 is 4.52 Å². The highest BCUT2D eigenvalue weighted by Gasteiger charge is 2.12. The number of hydrogen-bond donors (Lipinski definition) is 0. The molecule has 0 atom stereocenters. The van der Waals surface area contributed by atoms with E-state index in [1.54, 1.807) is 12.4 Å². The van der Waals surface area contributed by atoms with Crippen molar-refractivity contribution in [3.8, 4) is 22.8 Å². The SMILES string of the molecule is CCCc1ccc(-c2nc(-c3cncc(N(C)C)c3)no2)cc1C. The summed E-state index contributed by atoms with van der Waals surface area (Å²) in [5.41, 5.74) is 5.41. The van der Waals surface area contributed by atoms with Gasteiger partial charge in [0.2, 0.25) is 5.82 Å². The molecule has 124 valence electrons. The highest BCUT2D eigenvalue weighted by atomic mass is 16.5. The van der Waals surface area contributed by atoms with E-state index in [-0.39, 0.29) is 0 Å². The number of pyridine rings is 1. The van der Waals surface area contributed by atoms with E-state index >= 15 is 0 Å². The predicted molar refractivity (Wildman–Crippen MR) is 96.0 cm³/mol. The standard InChI is InChI=1S/C19H22N4O/c1-5-6-14-7-8-15(9-13(14)2)19-21-18(22-24-19)16-10-17(23(3)4)12-20-11-16/h7-12H,5-6H2,1-4H3. The third kappa shape index (κ3) is 3.30. The molecular weight excluding hydrogens is 300 g/mol. The molecule has 0 saturated carbocycles. The van der Waals surface area contributed by atoms with E-state index in [1.165, 1.54) is 11.1 Å². The van der Waals surface area contributed by atoms with Gasteiger partial charge in [0.1, 0.15) is 0 Å². The highest BCUT2D eigenvalue weighted by Crippen LogP contribution is 2.25. The lowest BCUT2D eigenvalue weighted by atomic mass is 10.0. The Bertz CT molecular complexity index is 839. The van der Waals surface area contributed by atoms with Gasteiger partial charge in [-0.05, 0) is 42.7 Å². The molecule has 0 amide bonds. The summed E-state index contributed by atoms with van der Waals surface area (Å²) in [6, 6.07) is 8.30. The van der Waals surface area contributed by atoms with Gasteiger partial charge in [-0.2, -0.15) is 4.98 Å². The van der Waals surface area contributed by atoms with E-state index in [1.807, 2.05) is 31.1 Å². The summed E-state index contributed by atoms with van der Waals surface area (Å²) in [5, 5.41) is 4.11. The Balaban J connectivity index is 1.91. The lowest BCUT2D eigenvalue weighted by molar-refractivity contribution is 0.432. The van der Waals surface area contributed by atoms with Crippen LogP contribution in [0.5, 0.6) is 0 Å². The van der Waals surface area contributed by atoms with Gasteiger partial charge in [-0.1, -0.05) is 24.6 Å². The molecule has 0 aliphatic rings. The van der Waals surface area contributed by atoms with Gasteiger partial charge in [0.25, 0.3) is 5.89 Å². The first-order valence-electron chi connectivity index (χ1n) is 8.15. The van der Waals surface area contributed by atoms with Crippen molar-refractivity contribution in [1.82, 2.24) is 15.1 Å². The number of nitrogens with zero attached hydrogens (tertiary/aromatic N) is 4. The lowest BCUT2D eigenvalue weighted by Gasteiger charge is -2.11. The molecule has 0 radical (unpaired) electrons. The van der Waals surface area contributed by atoms with E-state index in [9.17, 15) is 0 Å². The molecule has 3 aromatic rings. The molecular formula is C19H22N4O. The first kappa shape index (κ1) is 16.2. The van der Waals surface area contributed by atoms with Gasteiger partial charge in [-0.3, -0.25) is 4.98 Å². The Hall–Kier alpha value is -2.69.